The van der Waals surface area contributed by atoms with Crippen LogP contribution >= 0.6 is 11.6 Å². The van der Waals surface area contributed by atoms with Crippen LogP contribution in [0, 0.1) is 5.41 Å². The molecule has 1 aromatic heterocycles. The molecular weight excluding hydrogens is 286 g/mol. The largest absolute Gasteiger partial charge is 0.383 e. The minimum Gasteiger partial charge on any atom is -0.383 e. The summed E-state index contributed by atoms with van der Waals surface area (Å²) in [6.07, 6.45) is 4.88. The van der Waals surface area contributed by atoms with E-state index in [0.717, 1.165) is 43.1 Å². The zero-order valence-corrected chi connectivity index (χ0v) is 14.8. The normalized spacial score (nSPS) is 13.6. The van der Waals surface area contributed by atoms with Gasteiger partial charge in [-0.25, -0.2) is 0 Å². The Hall–Kier alpha value is -0.580. The van der Waals surface area contributed by atoms with E-state index in [-0.39, 0.29) is 5.41 Å². The van der Waals surface area contributed by atoms with Gasteiger partial charge in [0.2, 0.25) is 0 Å². The molecular formula is C16H30ClN3O. The molecule has 0 aliphatic carbocycles. The van der Waals surface area contributed by atoms with E-state index in [9.17, 15) is 0 Å². The van der Waals surface area contributed by atoms with E-state index in [1.54, 1.807) is 13.3 Å². The van der Waals surface area contributed by atoms with Crippen molar-refractivity contribution in [2.24, 2.45) is 5.41 Å². The fraction of sp³-hybridized carbons (Fsp3) is 0.812. The van der Waals surface area contributed by atoms with Crippen LogP contribution in [0.4, 0.5) is 0 Å². The molecule has 0 saturated heterocycles. The average molecular weight is 316 g/mol. The lowest BCUT2D eigenvalue weighted by molar-refractivity contribution is 0.182. The number of hydrogen-bond acceptors (Lipinski definition) is 3. The number of hydrogen-bond donors (Lipinski definition) is 1. The zero-order valence-electron chi connectivity index (χ0n) is 14.1. The van der Waals surface area contributed by atoms with E-state index in [1.807, 2.05) is 4.68 Å². The third-order valence-corrected chi connectivity index (χ3v) is 4.08. The molecule has 0 spiro atoms. The van der Waals surface area contributed by atoms with Crippen LogP contribution in [-0.2, 0) is 17.7 Å². The van der Waals surface area contributed by atoms with Crippen molar-refractivity contribution in [3.05, 3.63) is 16.9 Å². The van der Waals surface area contributed by atoms with Gasteiger partial charge < -0.3 is 10.1 Å². The van der Waals surface area contributed by atoms with E-state index < -0.39 is 0 Å². The Labute approximate surface area is 134 Å². The van der Waals surface area contributed by atoms with Crippen molar-refractivity contribution in [1.29, 1.82) is 0 Å². The van der Waals surface area contributed by atoms with E-state index in [2.05, 4.69) is 38.1 Å². The summed E-state index contributed by atoms with van der Waals surface area (Å²) < 4.78 is 7.09. The third kappa shape index (κ3) is 5.97. The number of rotatable bonds is 9. The fourth-order valence-electron chi connectivity index (χ4n) is 2.45. The molecule has 1 rings (SSSR count). The van der Waals surface area contributed by atoms with Gasteiger partial charge in [0, 0.05) is 13.2 Å². The smallest absolute Gasteiger partial charge is 0.0817 e. The lowest BCUT2D eigenvalue weighted by Crippen LogP contribution is -2.41. The monoisotopic (exact) mass is 315 g/mol. The van der Waals surface area contributed by atoms with Crippen LogP contribution < -0.4 is 5.32 Å². The van der Waals surface area contributed by atoms with Gasteiger partial charge in [-0.2, -0.15) is 5.10 Å². The van der Waals surface area contributed by atoms with Crippen molar-refractivity contribution in [2.45, 2.75) is 59.5 Å². The average Bonchev–Trinajstić information content (AvgIpc) is 2.76. The van der Waals surface area contributed by atoms with Gasteiger partial charge in [-0.3, -0.25) is 4.68 Å². The first kappa shape index (κ1) is 18.5. The molecule has 4 nitrogen and oxygen atoms in total. The maximum atomic E-state index is 6.28. The lowest BCUT2D eigenvalue weighted by Gasteiger charge is -2.32. The second-order valence-electron chi connectivity index (χ2n) is 6.57. The summed E-state index contributed by atoms with van der Waals surface area (Å²) in [6.45, 7) is 11.5. The number of nitrogens with one attached hydrogen (secondary N) is 1. The molecule has 0 aromatic carbocycles. The summed E-state index contributed by atoms with van der Waals surface area (Å²) in [4.78, 5) is 0. The van der Waals surface area contributed by atoms with Crippen LogP contribution in [0.2, 0.25) is 5.02 Å². The molecule has 0 saturated carbocycles. The van der Waals surface area contributed by atoms with E-state index >= 15 is 0 Å². The van der Waals surface area contributed by atoms with Crippen LogP contribution in [0.15, 0.2) is 6.20 Å². The van der Waals surface area contributed by atoms with Crippen LogP contribution in [0.25, 0.3) is 0 Å². The topological polar surface area (TPSA) is 39.1 Å². The molecule has 0 aliphatic rings. The molecule has 1 atom stereocenters. The predicted octanol–water partition coefficient (Wildman–Crippen LogP) is 3.53. The van der Waals surface area contributed by atoms with Crippen LogP contribution in [0.5, 0.6) is 0 Å². The highest BCUT2D eigenvalue weighted by Crippen LogP contribution is 2.25. The quantitative estimate of drug-likeness (QED) is 0.757. The Morgan fingerprint density at radius 1 is 1.43 bits per heavy atom. The van der Waals surface area contributed by atoms with Gasteiger partial charge in [0.05, 0.1) is 30.1 Å². The highest BCUT2D eigenvalue weighted by atomic mass is 35.5. The Kier molecular flexibility index (Phi) is 7.71. The van der Waals surface area contributed by atoms with Gasteiger partial charge in [-0.15, -0.1) is 0 Å². The summed E-state index contributed by atoms with van der Waals surface area (Å²) in [5.74, 6) is 0. The molecule has 1 heterocycles. The third-order valence-electron chi connectivity index (χ3n) is 3.76. The molecule has 0 fully saturated rings. The van der Waals surface area contributed by atoms with Gasteiger partial charge in [0.1, 0.15) is 0 Å². The molecule has 0 aliphatic heterocycles. The predicted molar refractivity (Wildman–Crippen MR) is 89.0 cm³/mol. The molecule has 5 heteroatoms. The summed E-state index contributed by atoms with van der Waals surface area (Å²) in [5.41, 5.74) is 1.35. The number of aromatic nitrogens is 2. The molecule has 122 valence electrons. The number of ether oxygens (including phenoxy) is 1. The number of halogens is 1. The summed E-state index contributed by atoms with van der Waals surface area (Å²) in [7, 11) is 1.70. The number of nitrogens with zero attached hydrogens (tertiary/aromatic N) is 2. The fourth-order valence-corrected chi connectivity index (χ4v) is 2.68. The zero-order chi connectivity index (χ0) is 15.9. The molecule has 0 radical (unpaired) electrons. The Morgan fingerprint density at radius 2 is 2.14 bits per heavy atom. The Balaban J connectivity index is 2.68. The maximum Gasteiger partial charge on any atom is 0.0817 e. The van der Waals surface area contributed by atoms with Crippen molar-refractivity contribution in [1.82, 2.24) is 15.1 Å². The second kappa shape index (κ2) is 8.76. The highest BCUT2D eigenvalue weighted by Gasteiger charge is 2.24. The van der Waals surface area contributed by atoms with Gasteiger partial charge in [0.25, 0.3) is 0 Å². The van der Waals surface area contributed by atoms with E-state index in [4.69, 9.17) is 16.3 Å². The first-order valence-electron chi connectivity index (χ1n) is 7.82. The molecule has 0 amide bonds. The van der Waals surface area contributed by atoms with Gasteiger partial charge in [0.15, 0.2) is 0 Å². The van der Waals surface area contributed by atoms with Gasteiger partial charge in [-0.05, 0) is 31.2 Å². The first-order chi connectivity index (χ1) is 9.90. The van der Waals surface area contributed by atoms with E-state index in [0.29, 0.717) is 12.6 Å². The highest BCUT2D eigenvalue weighted by molar-refractivity contribution is 6.31. The van der Waals surface area contributed by atoms with Crippen molar-refractivity contribution < 1.29 is 4.74 Å². The second-order valence-corrected chi connectivity index (χ2v) is 6.97. The van der Waals surface area contributed by atoms with E-state index in [1.165, 1.54) is 0 Å². The summed E-state index contributed by atoms with van der Waals surface area (Å²) >= 11 is 6.28. The molecule has 21 heavy (non-hydrogen) atoms. The standard InChI is InChI=1S/C16H30ClN3O/c1-6-9-18-15(16(2,3)4)8-7-14-13(17)12-19-20(14)10-11-21-5/h12,15,18H,6-11H2,1-5H3. The maximum absolute atomic E-state index is 6.28. The number of methoxy groups -OCH3 is 1. The first-order valence-corrected chi connectivity index (χ1v) is 8.20. The van der Waals surface area contributed by atoms with Gasteiger partial charge in [-0.1, -0.05) is 39.3 Å². The molecule has 0 bridgehead atoms. The minimum atomic E-state index is 0.235. The van der Waals surface area contributed by atoms with Crippen molar-refractivity contribution in [3.8, 4) is 0 Å². The summed E-state index contributed by atoms with van der Waals surface area (Å²) in [5, 5.41) is 8.75. The van der Waals surface area contributed by atoms with Crippen LogP contribution in [-0.4, -0.2) is 36.1 Å². The van der Waals surface area contributed by atoms with Crippen molar-refractivity contribution in [2.75, 3.05) is 20.3 Å². The van der Waals surface area contributed by atoms with Crippen LogP contribution in [0.3, 0.4) is 0 Å². The Morgan fingerprint density at radius 3 is 2.71 bits per heavy atom. The van der Waals surface area contributed by atoms with Gasteiger partial charge >= 0.3 is 0 Å². The molecule has 1 aromatic rings. The van der Waals surface area contributed by atoms with Crippen LogP contribution in [0.1, 0.15) is 46.2 Å². The summed E-state index contributed by atoms with van der Waals surface area (Å²) in [6, 6.07) is 0.472. The minimum absolute atomic E-state index is 0.235. The SMILES string of the molecule is CCCNC(CCc1c(Cl)cnn1CCOC)C(C)(C)C. The Bertz CT molecular complexity index is 412. The molecule has 1 unspecified atom stereocenters. The lowest BCUT2D eigenvalue weighted by atomic mass is 9.83. The van der Waals surface area contributed by atoms with Crippen molar-refractivity contribution >= 4 is 11.6 Å². The molecule has 1 N–H and O–H groups in total. The van der Waals surface area contributed by atoms with Crippen molar-refractivity contribution in [3.63, 3.8) is 0 Å².